The van der Waals surface area contributed by atoms with Gasteiger partial charge in [0.25, 0.3) is 0 Å². The van der Waals surface area contributed by atoms with Gasteiger partial charge >= 0.3 is 0 Å². The maximum atomic E-state index is 13.1. The van der Waals surface area contributed by atoms with Gasteiger partial charge in [0.2, 0.25) is 5.78 Å². The van der Waals surface area contributed by atoms with Crippen LogP contribution < -0.4 is 9.47 Å². The maximum Gasteiger partial charge on any atom is 0.231 e. The lowest BCUT2D eigenvalue weighted by Crippen LogP contribution is -2.34. The van der Waals surface area contributed by atoms with E-state index in [9.17, 15) is 4.79 Å². The summed E-state index contributed by atoms with van der Waals surface area (Å²) in [5, 5.41) is 1.85. The summed E-state index contributed by atoms with van der Waals surface area (Å²) in [4.78, 5) is 15.3. The molecule has 3 aromatic rings. The number of Topliss-reactive ketones (excluding diaryl/α,β-unsaturated/α-hetero) is 1. The molecule has 3 aromatic carbocycles. The Morgan fingerprint density at radius 2 is 1.85 bits per heavy atom. The quantitative estimate of drug-likeness (QED) is 0.363. The van der Waals surface area contributed by atoms with Crippen molar-refractivity contribution >= 4 is 46.7 Å². The molecule has 7 heteroatoms. The zero-order valence-corrected chi connectivity index (χ0v) is 20.1. The van der Waals surface area contributed by atoms with Crippen molar-refractivity contribution in [2.45, 2.75) is 19.9 Å². The van der Waals surface area contributed by atoms with E-state index in [0.29, 0.717) is 39.7 Å². The average Bonchev–Trinajstić information content (AvgIpc) is 3.10. The summed E-state index contributed by atoms with van der Waals surface area (Å²) in [6.45, 7) is 3.81. The monoisotopic (exact) mass is 499 g/mol. The van der Waals surface area contributed by atoms with Gasteiger partial charge in [-0.25, -0.2) is 0 Å². The van der Waals surface area contributed by atoms with Crippen LogP contribution in [0.5, 0.6) is 11.5 Å². The first-order chi connectivity index (χ1) is 15.9. The molecule has 0 aromatic heterocycles. The minimum atomic E-state index is -0.152. The number of fused-ring (bicyclic) bond motifs is 2. The second-order valence-corrected chi connectivity index (χ2v) is 9.39. The molecule has 168 valence electrons. The number of allylic oxidation sites excluding steroid dienone is 1. The second-order valence-electron chi connectivity index (χ2n) is 8.14. The van der Waals surface area contributed by atoms with Gasteiger partial charge in [-0.05, 0) is 54.8 Å². The Morgan fingerprint density at radius 3 is 2.64 bits per heavy atom. The summed E-state index contributed by atoms with van der Waals surface area (Å²) in [7, 11) is 0. The largest absolute Gasteiger partial charge is 0.477 e. The summed E-state index contributed by atoms with van der Waals surface area (Å²) >= 11 is 18.6. The van der Waals surface area contributed by atoms with E-state index in [-0.39, 0.29) is 11.5 Å². The highest BCUT2D eigenvalue weighted by Gasteiger charge is 2.33. The number of rotatable bonds is 4. The van der Waals surface area contributed by atoms with Crippen molar-refractivity contribution in [2.75, 3.05) is 13.3 Å². The molecule has 2 heterocycles. The molecule has 4 nitrogen and oxygen atoms in total. The first-order valence-electron chi connectivity index (χ1n) is 10.5. The Hall–Kier alpha value is -2.50. The normalized spacial score (nSPS) is 16.4. The van der Waals surface area contributed by atoms with E-state index in [2.05, 4.69) is 4.90 Å². The standard InChI is InChI=1S/C26H20Cl3NO3/c1-15-25-18(13-30(14-32-25)9-8-16-6-7-19(27)12-22(16)29)10-20-24(31)23(33-26(15)20)11-17-4-2-3-5-21(17)28/h2-7,10-12H,8-9,13-14H2,1H3/b23-11-. The van der Waals surface area contributed by atoms with Crippen molar-refractivity contribution in [3.63, 3.8) is 0 Å². The Balaban J connectivity index is 1.36. The number of ketones is 1. The predicted octanol–water partition coefficient (Wildman–Crippen LogP) is 6.97. The predicted molar refractivity (Wildman–Crippen MR) is 132 cm³/mol. The van der Waals surface area contributed by atoms with Crippen molar-refractivity contribution in [1.29, 1.82) is 0 Å². The minimum Gasteiger partial charge on any atom is -0.477 e. The number of carbonyl (C=O) groups is 1. The molecule has 0 saturated carbocycles. The SMILES string of the molecule is Cc1c2c(cc3c1O/C(=C\c1ccccc1Cl)C3=O)CN(CCc1ccc(Cl)cc1Cl)CO2. The Kier molecular flexibility index (Phi) is 6.11. The smallest absolute Gasteiger partial charge is 0.231 e. The molecule has 0 N–H and O–H groups in total. The van der Waals surface area contributed by atoms with Gasteiger partial charge in [-0.1, -0.05) is 59.1 Å². The summed E-state index contributed by atoms with van der Waals surface area (Å²) < 4.78 is 12.0. The van der Waals surface area contributed by atoms with Gasteiger partial charge in [0, 0.05) is 39.3 Å². The van der Waals surface area contributed by atoms with Crippen LogP contribution in [0.2, 0.25) is 15.1 Å². The molecule has 0 spiro atoms. The topological polar surface area (TPSA) is 38.8 Å². The van der Waals surface area contributed by atoms with Gasteiger partial charge in [-0.3, -0.25) is 9.69 Å². The molecule has 5 rings (SSSR count). The van der Waals surface area contributed by atoms with E-state index in [1.807, 2.05) is 43.3 Å². The molecule has 0 atom stereocenters. The van der Waals surface area contributed by atoms with Gasteiger partial charge in [0.15, 0.2) is 5.76 Å². The molecule has 0 fully saturated rings. The van der Waals surface area contributed by atoms with Crippen molar-refractivity contribution in [2.24, 2.45) is 0 Å². The molecule has 0 unspecified atom stereocenters. The van der Waals surface area contributed by atoms with E-state index in [0.717, 1.165) is 41.0 Å². The summed E-state index contributed by atoms with van der Waals surface area (Å²) in [6.07, 6.45) is 2.46. The summed E-state index contributed by atoms with van der Waals surface area (Å²) in [5.41, 5.74) is 4.13. The highest BCUT2D eigenvalue weighted by atomic mass is 35.5. The van der Waals surface area contributed by atoms with E-state index < -0.39 is 0 Å². The Bertz CT molecular complexity index is 1300. The van der Waals surface area contributed by atoms with Gasteiger partial charge in [0.1, 0.15) is 18.2 Å². The van der Waals surface area contributed by atoms with Crippen LogP contribution in [0.25, 0.3) is 6.08 Å². The lowest BCUT2D eigenvalue weighted by Gasteiger charge is -2.30. The van der Waals surface area contributed by atoms with E-state index in [4.69, 9.17) is 44.3 Å². The number of benzene rings is 3. The fourth-order valence-electron chi connectivity index (χ4n) is 4.18. The first kappa shape index (κ1) is 22.3. The molecular formula is C26H20Cl3NO3. The third-order valence-electron chi connectivity index (χ3n) is 5.91. The summed E-state index contributed by atoms with van der Waals surface area (Å²) in [5.74, 6) is 1.44. The molecule has 2 aliphatic heterocycles. The third kappa shape index (κ3) is 4.36. The molecule has 0 saturated heterocycles. The molecule has 33 heavy (non-hydrogen) atoms. The Morgan fingerprint density at radius 1 is 1.03 bits per heavy atom. The molecule has 0 radical (unpaired) electrons. The van der Waals surface area contributed by atoms with E-state index >= 15 is 0 Å². The fourth-order valence-corrected chi connectivity index (χ4v) is 4.87. The molecule has 0 aliphatic carbocycles. The number of hydrogen-bond acceptors (Lipinski definition) is 4. The van der Waals surface area contributed by atoms with Crippen LogP contribution in [0.4, 0.5) is 0 Å². The van der Waals surface area contributed by atoms with Crippen LogP contribution in [0.15, 0.2) is 54.3 Å². The average molecular weight is 501 g/mol. The first-order valence-corrected chi connectivity index (χ1v) is 11.7. The van der Waals surface area contributed by atoms with E-state index in [1.165, 1.54) is 0 Å². The number of ether oxygens (including phenoxy) is 2. The van der Waals surface area contributed by atoms with Crippen LogP contribution in [0.3, 0.4) is 0 Å². The number of nitrogens with zero attached hydrogens (tertiary/aromatic N) is 1. The molecular weight excluding hydrogens is 481 g/mol. The van der Waals surface area contributed by atoms with Crippen molar-refractivity contribution in [3.8, 4) is 11.5 Å². The van der Waals surface area contributed by atoms with Crippen molar-refractivity contribution in [1.82, 2.24) is 4.90 Å². The van der Waals surface area contributed by atoms with Crippen LogP contribution in [0, 0.1) is 6.92 Å². The fraction of sp³-hybridized carbons (Fsp3) is 0.192. The lowest BCUT2D eigenvalue weighted by atomic mass is 10.00. The zero-order chi connectivity index (χ0) is 23.1. The highest BCUT2D eigenvalue weighted by molar-refractivity contribution is 6.35. The van der Waals surface area contributed by atoms with Crippen LogP contribution in [-0.4, -0.2) is 24.0 Å². The molecule has 0 bridgehead atoms. The molecule has 2 aliphatic rings. The third-order valence-corrected chi connectivity index (χ3v) is 6.84. The zero-order valence-electron chi connectivity index (χ0n) is 17.8. The van der Waals surface area contributed by atoms with Crippen molar-refractivity contribution < 1.29 is 14.3 Å². The maximum absolute atomic E-state index is 13.1. The highest BCUT2D eigenvalue weighted by Crippen LogP contribution is 2.43. The number of hydrogen-bond donors (Lipinski definition) is 0. The Labute approximate surface area is 207 Å². The minimum absolute atomic E-state index is 0.152. The summed E-state index contributed by atoms with van der Waals surface area (Å²) in [6, 6.07) is 14.8. The lowest BCUT2D eigenvalue weighted by molar-refractivity contribution is 0.0954. The van der Waals surface area contributed by atoms with Gasteiger partial charge < -0.3 is 9.47 Å². The van der Waals surface area contributed by atoms with Gasteiger partial charge in [-0.2, -0.15) is 0 Å². The van der Waals surface area contributed by atoms with Crippen molar-refractivity contribution in [3.05, 3.63) is 97.2 Å². The number of halogens is 3. The second kappa shape index (κ2) is 9.03. The number of carbonyl (C=O) groups excluding carboxylic acids is 1. The van der Waals surface area contributed by atoms with Gasteiger partial charge in [0.05, 0.1) is 5.56 Å². The van der Waals surface area contributed by atoms with Crippen LogP contribution >= 0.6 is 34.8 Å². The van der Waals surface area contributed by atoms with Crippen LogP contribution in [0.1, 0.15) is 32.6 Å². The van der Waals surface area contributed by atoms with Gasteiger partial charge in [-0.15, -0.1) is 0 Å². The molecule has 0 amide bonds. The van der Waals surface area contributed by atoms with Crippen LogP contribution in [-0.2, 0) is 13.0 Å². The van der Waals surface area contributed by atoms with E-state index in [1.54, 1.807) is 18.2 Å².